The molecule has 0 radical (unpaired) electrons. The quantitative estimate of drug-likeness (QED) is 0.643. The van der Waals surface area contributed by atoms with E-state index in [0.29, 0.717) is 42.4 Å². The molecule has 1 atom stereocenters. The van der Waals surface area contributed by atoms with E-state index < -0.39 is 6.04 Å². The van der Waals surface area contributed by atoms with Gasteiger partial charge in [-0.05, 0) is 18.2 Å². The molecule has 1 amide bonds. The fourth-order valence-corrected chi connectivity index (χ4v) is 3.19. The first-order valence-corrected chi connectivity index (χ1v) is 9.06. The molecule has 29 heavy (non-hydrogen) atoms. The molecule has 1 aliphatic heterocycles. The van der Waals surface area contributed by atoms with Crippen LogP contribution in [0.5, 0.6) is 5.88 Å². The van der Waals surface area contributed by atoms with Crippen molar-refractivity contribution in [3.8, 4) is 17.3 Å². The lowest BCUT2D eigenvalue weighted by atomic mass is 10.2. The van der Waals surface area contributed by atoms with E-state index >= 15 is 0 Å². The number of carbonyl (C=O) groups excluding carboxylic acids is 1. The molecule has 2 N–H and O–H groups in total. The van der Waals surface area contributed by atoms with Crippen LogP contribution in [-0.4, -0.2) is 50.6 Å². The lowest BCUT2D eigenvalue weighted by Crippen LogP contribution is -2.37. The second-order valence-corrected chi connectivity index (χ2v) is 6.37. The summed E-state index contributed by atoms with van der Waals surface area (Å²) in [7, 11) is 1.46. The lowest BCUT2D eigenvalue weighted by molar-refractivity contribution is 0.0930. The third kappa shape index (κ3) is 3.83. The molecule has 0 aromatic carbocycles. The average Bonchev–Trinajstić information content (AvgIpc) is 2.97. The maximum atomic E-state index is 12.9. The van der Waals surface area contributed by atoms with Crippen molar-refractivity contribution >= 4 is 5.91 Å². The van der Waals surface area contributed by atoms with Crippen LogP contribution in [0.2, 0.25) is 0 Å². The number of nitrogens with zero attached hydrogens (tertiary/aromatic N) is 5. The van der Waals surface area contributed by atoms with E-state index in [-0.39, 0.29) is 17.3 Å². The van der Waals surface area contributed by atoms with E-state index in [2.05, 4.69) is 30.6 Å². The number of hydrogen-bond donors (Lipinski definition) is 2. The topological polar surface area (TPSA) is 124 Å². The smallest absolute Gasteiger partial charge is 0.257 e. The second-order valence-electron chi connectivity index (χ2n) is 6.37. The van der Waals surface area contributed by atoms with E-state index in [9.17, 15) is 9.59 Å². The zero-order chi connectivity index (χ0) is 20.2. The van der Waals surface area contributed by atoms with Crippen molar-refractivity contribution in [1.29, 1.82) is 0 Å². The normalized spacial score (nSPS) is 15.8. The third-order valence-electron chi connectivity index (χ3n) is 4.57. The first-order chi connectivity index (χ1) is 14.2. The minimum Gasteiger partial charge on any atom is -0.480 e. The van der Waals surface area contributed by atoms with E-state index in [0.717, 1.165) is 0 Å². The molecule has 10 heteroatoms. The summed E-state index contributed by atoms with van der Waals surface area (Å²) in [6.45, 7) is 1.46. The summed E-state index contributed by atoms with van der Waals surface area (Å²) in [5, 5.41) is 6.16. The number of aromatic nitrogens is 5. The zero-order valence-corrected chi connectivity index (χ0v) is 15.7. The summed E-state index contributed by atoms with van der Waals surface area (Å²) in [4.78, 5) is 42.3. The number of rotatable bonds is 4. The Morgan fingerprint density at radius 1 is 1.28 bits per heavy atom. The molecule has 0 saturated heterocycles. The highest BCUT2D eigenvalue weighted by Gasteiger charge is 2.25. The van der Waals surface area contributed by atoms with Gasteiger partial charge in [0.2, 0.25) is 5.88 Å². The second kappa shape index (κ2) is 8.15. The highest BCUT2D eigenvalue weighted by Crippen LogP contribution is 2.19. The van der Waals surface area contributed by atoms with Gasteiger partial charge in [0.1, 0.15) is 17.7 Å². The van der Waals surface area contributed by atoms with Crippen LogP contribution in [0, 0.1) is 0 Å². The molecule has 0 aliphatic carbocycles. The first-order valence-electron chi connectivity index (χ1n) is 9.06. The SMILES string of the molecule is COc1ncccc1C(=O)NC1CNCCn2c1nc(-c1ccncn1)cc2=O. The minimum absolute atomic E-state index is 0.203. The average molecular weight is 393 g/mol. The standard InChI is InChI=1S/C19H19N7O3/c1-29-19-12(3-2-5-22-19)18(28)25-15-10-20-7-8-26-16(27)9-14(24-17(15)26)13-4-6-21-11-23-13/h2-6,9,11,15,20H,7-8,10H2,1H3,(H,25,28). The van der Waals surface area contributed by atoms with Crippen LogP contribution in [0.15, 0.2) is 47.8 Å². The lowest BCUT2D eigenvalue weighted by Gasteiger charge is -2.20. The molecule has 1 unspecified atom stereocenters. The van der Waals surface area contributed by atoms with Crippen molar-refractivity contribution in [3.05, 3.63) is 64.7 Å². The van der Waals surface area contributed by atoms with Crippen molar-refractivity contribution < 1.29 is 9.53 Å². The zero-order valence-electron chi connectivity index (χ0n) is 15.7. The molecule has 10 nitrogen and oxygen atoms in total. The van der Waals surface area contributed by atoms with Gasteiger partial charge in [0, 0.05) is 38.1 Å². The van der Waals surface area contributed by atoms with Gasteiger partial charge in [0.15, 0.2) is 0 Å². The highest BCUT2D eigenvalue weighted by atomic mass is 16.5. The largest absolute Gasteiger partial charge is 0.480 e. The van der Waals surface area contributed by atoms with Gasteiger partial charge in [-0.3, -0.25) is 14.2 Å². The van der Waals surface area contributed by atoms with Crippen LogP contribution in [0.4, 0.5) is 0 Å². The van der Waals surface area contributed by atoms with E-state index in [1.54, 1.807) is 35.2 Å². The number of carbonyl (C=O) groups is 1. The van der Waals surface area contributed by atoms with E-state index in [1.165, 1.54) is 19.5 Å². The maximum absolute atomic E-state index is 12.9. The van der Waals surface area contributed by atoms with Gasteiger partial charge in [-0.25, -0.2) is 19.9 Å². The summed E-state index contributed by atoms with van der Waals surface area (Å²) in [6, 6.07) is 5.89. The molecular weight excluding hydrogens is 374 g/mol. The first kappa shape index (κ1) is 18.7. The molecular formula is C19H19N7O3. The van der Waals surface area contributed by atoms with Crippen LogP contribution in [0.1, 0.15) is 22.2 Å². The third-order valence-corrected chi connectivity index (χ3v) is 4.57. The van der Waals surface area contributed by atoms with Crippen molar-refractivity contribution in [2.45, 2.75) is 12.6 Å². The predicted molar refractivity (Wildman–Crippen MR) is 103 cm³/mol. The molecule has 1 aliphatic rings. The van der Waals surface area contributed by atoms with Gasteiger partial charge in [-0.1, -0.05) is 0 Å². The molecule has 3 aromatic rings. The van der Waals surface area contributed by atoms with Crippen LogP contribution in [-0.2, 0) is 6.54 Å². The molecule has 4 rings (SSSR count). The van der Waals surface area contributed by atoms with Crippen molar-refractivity contribution in [3.63, 3.8) is 0 Å². The monoisotopic (exact) mass is 393 g/mol. The Hall–Kier alpha value is -3.66. The van der Waals surface area contributed by atoms with Crippen molar-refractivity contribution in [1.82, 2.24) is 35.1 Å². The summed E-state index contributed by atoms with van der Waals surface area (Å²) >= 11 is 0. The van der Waals surface area contributed by atoms with Crippen LogP contribution in [0.25, 0.3) is 11.4 Å². The predicted octanol–water partition coefficient (Wildman–Crippen LogP) is 0.178. The number of amides is 1. The van der Waals surface area contributed by atoms with E-state index in [4.69, 9.17) is 4.74 Å². The summed E-state index contributed by atoms with van der Waals surface area (Å²) in [6.07, 6.45) is 4.53. The minimum atomic E-state index is -0.524. The Morgan fingerprint density at radius 3 is 2.97 bits per heavy atom. The van der Waals surface area contributed by atoms with Crippen LogP contribution < -0.4 is 20.9 Å². The number of ether oxygens (including phenoxy) is 1. The van der Waals surface area contributed by atoms with Gasteiger partial charge < -0.3 is 15.4 Å². The van der Waals surface area contributed by atoms with Gasteiger partial charge in [0.25, 0.3) is 11.5 Å². The van der Waals surface area contributed by atoms with Crippen molar-refractivity contribution in [2.75, 3.05) is 20.2 Å². The number of nitrogens with one attached hydrogen (secondary N) is 2. The molecule has 148 valence electrons. The number of methoxy groups -OCH3 is 1. The molecule has 3 aromatic heterocycles. The number of fused-ring (bicyclic) bond motifs is 1. The fraction of sp³-hybridized carbons (Fsp3) is 0.263. The molecule has 0 bridgehead atoms. The Morgan fingerprint density at radius 2 is 2.17 bits per heavy atom. The molecule has 0 fully saturated rings. The van der Waals surface area contributed by atoms with E-state index in [1.807, 2.05) is 0 Å². The maximum Gasteiger partial charge on any atom is 0.257 e. The molecule has 0 spiro atoms. The van der Waals surface area contributed by atoms with Gasteiger partial charge >= 0.3 is 0 Å². The molecule has 0 saturated carbocycles. The summed E-state index contributed by atoms with van der Waals surface area (Å²) in [5.74, 6) is 0.330. The van der Waals surface area contributed by atoms with Crippen LogP contribution in [0.3, 0.4) is 0 Å². The van der Waals surface area contributed by atoms with Gasteiger partial charge in [0.05, 0.1) is 24.5 Å². The van der Waals surface area contributed by atoms with Gasteiger partial charge in [-0.15, -0.1) is 0 Å². The number of hydrogen-bond acceptors (Lipinski definition) is 8. The van der Waals surface area contributed by atoms with Gasteiger partial charge in [-0.2, -0.15) is 0 Å². The van der Waals surface area contributed by atoms with Crippen molar-refractivity contribution in [2.24, 2.45) is 0 Å². The fourth-order valence-electron chi connectivity index (χ4n) is 3.19. The Kier molecular flexibility index (Phi) is 5.25. The summed E-state index contributed by atoms with van der Waals surface area (Å²) < 4.78 is 6.74. The van der Waals surface area contributed by atoms with Crippen LogP contribution >= 0.6 is 0 Å². The Balaban J connectivity index is 1.72. The Labute approximate surface area is 166 Å². The number of pyridine rings is 1. The highest BCUT2D eigenvalue weighted by molar-refractivity contribution is 5.96. The Bertz CT molecular complexity index is 1080. The molecule has 4 heterocycles. The summed E-state index contributed by atoms with van der Waals surface area (Å²) in [5.41, 5.74) is 1.08.